The van der Waals surface area contributed by atoms with Gasteiger partial charge in [0.1, 0.15) is 5.82 Å². The quantitative estimate of drug-likeness (QED) is 0.573. The summed E-state index contributed by atoms with van der Waals surface area (Å²) in [5.41, 5.74) is 7.18. The van der Waals surface area contributed by atoms with Crippen LogP contribution in [0.25, 0.3) is 10.8 Å². The molecule has 20 heavy (non-hydrogen) atoms. The molecule has 3 rings (SSSR count). The lowest BCUT2D eigenvalue weighted by Gasteiger charge is -2.03. The summed E-state index contributed by atoms with van der Waals surface area (Å²) in [5.74, 6) is 1.14. The third-order valence-corrected chi connectivity index (χ3v) is 4.66. The van der Waals surface area contributed by atoms with Crippen molar-refractivity contribution in [2.75, 3.05) is 5.73 Å². The Bertz CT molecular complexity index is 710. The summed E-state index contributed by atoms with van der Waals surface area (Å²) >= 11 is 3.08. The molecule has 2 aromatic heterocycles. The van der Waals surface area contributed by atoms with E-state index in [0.29, 0.717) is 11.4 Å². The topological polar surface area (TPSA) is 52.0 Å². The molecule has 3 nitrogen and oxygen atoms in total. The van der Waals surface area contributed by atoms with Crippen molar-refractivity contribution in [1.29, 1.82) is 0 Å². The zero-order chi connectivity index (χ0) is 13.9. The Labute approximate surface area is 123 Å². The third-order valence-electron chi connectivity index (χ3n) is 2.63. The van der Waals surface area contributed by atoms with E-state index >= 15 is 0 Å². The highest BCUT2D eigenvalue weighted by atomic mass is 32.2. The lowest BCUT2D eigenvalue weighted by molar-refractivity contribution is 0.581. The minimum Gasteiger partial charge on any atom is -0.462 e. The number of aromatic nitrogens is 1. The van der Waals surface area contributed by atoms with Gasteiger partial charge < -0.3 is 10.2 Å². The summed E-state index contributed by atoms with van der Waals surface area (Å²) in [7, 11) is 0. The number of benzene rings is 1. The number of thiazole rings is 1. The van der Waals surface area contributed by atoms with Crippen molar-refractivity contribution in [3.63, 3.8) is 0 Å². The molecule has 2 N–H and O–H groups in total. The van der Waals surface area contributed by atoms with Crippen LogP contribution in [0, 0.1) is 5.82 Å². The van der Waals surface area contributed by atoms with Gasteiger partial charge in [0.25, 0.3) is 0 Å². The van der Waals surface area contributed by atoms with Gasteiger partial charge in [0.05, 0.1) is 12.0 Å². The van der Waals surface area contributed by atoms with Crippen molar-refractivity contribution in [1.82, 2.24) is 4.98 Å². The van der Waals surface area contributed by atoms with Gasteiger partial charge in [-0.1, -0.05) is 0 Å². The Morgan fingerprint density at radius 2 is 2.25 bits per heavy atom. The van der Waals surface area contributed by atoms with Crippen molar-refractivity contribution in [3.8, 4) is 10.8 Å². The molecular formula is C14H11FN2OS2. The van der Waals surface area contributed by atoms with Crippen molar-refractivity contribution >= 4 is 28.8 Å². The SMILES string of the molecule is Nc1cc(F)ccc1SCc1csc(-c2ccco2)n1. The van der Waals surface area contributed by atoms with E-state index in [4.69, 9.17) is 10.2 Å². The summed E-state index contributed by atoms with van der Waals surface area (Å²) in [6.45, 7) is 0. The van der Waals surface area contributed by atoms with E-state index in [9.17, 15) is 4.39 Å². The van der Waals surface area contributed by atoms with Gasteiger partial charge in [-0.15, -0.1) is 23.1 Å². The fourth-order valence-electron chi connectivity index (χ4n) is 1.69. The molecule has 0 atom stereocenters. The first-order chi connectivity index (χ1) is 9.72. The van der Waals surface area contributed by atoms with Crippen molar-refractivity contribution in [3.05, 3.63) is 53.5 Å². The van der Waals surface area contributed by atoms with Gasteiger partial charge in [-0.3, -0.25) is 0 Å². The van der Waals surface area contributed by atoms with Gasteiger partial charge in [0, 0.05) is 21.7 Å². The molecular weight excluding hydrogens is 295 g/mol. The fraction of sp³-hybridized carbons (Fsp3) is 0.0714. The number of furan rings is 1. The van der Waals surface area contributed by atoms with E-state index in [1.807, 2.05) is 17.5 Å². The largest absolute Gasteiger partial charge is 0.462 e. The first-order valence-corrected chi connectivity index (χ1v) is 7.75. The smallest absolute Gasteiger partial charge is 0.162 e. The van der Waals surface area contributed by atoms with E-state index in [0.717, 1.165) is 21.4 Å². The van der Waals surface area contributed by atoms with Gasteiger partial charge >= 0.3 is 0 Å². The highest BCUT2D eigenvalue weighted by Gasteiger charge is 2.08. The zero-order valence-corrected chi connectivity index (χ0v) is 12.0. The second-order valence-corrected chi connectivity index (χ2v) is 5.97. The number of nitrogens with two attached hydrogens (primary N) is 1. The second-order valence-electron chi connectivity index (χ2n) is 4.09. The number of halogens is 1. The number of nitrogen functional groups attached to an aromatic ring is 1. The number of rotatable bonds is 4. The maximum atomic E-state index is 13.0. The second kappa shape index (κ2) is 5.68. The Balaban J connectivity index is 1.70. The lowest BCUT2D eigenvalue weighted by Crippen LogP contribution is -1.90. The molecule has 0 bridgehead atoms. The summed E-state index contributed by atoms with van der Waals surface area (Å²) in [4.78, 5) is 5.36. The molecule has 0 aliphatic carbocycles. The van der Waals surface area contributed by atoms with Crippen molar-refractivity contribution in [2.24, 2.45) is 0 Å². The lowest BCUT2D eigenvalue weighted by atomic mass is 10.3. The molecule has 0 amide bonds. The Morgan fingerprint density at radius 3 is 3.00 bits per heavy atom. The molecule has 0 spiro atoms. The molecule has 2 heterocycles. The van der Waals surface area contributed by atoms with Crippen LogP contribution in [-0.4, -0.2) is 4.98 Å². The predicted molar refractivity (Wildman–Crippen MR) is 80.2 cm³/mol. The fourth-order valence-corrected chi connectivity index (χ4v) is 3.42. The monoisotopic (exact) mass is 306 g/mol. The first-order valence-electron chi connectivity index (χ1n) is 5.88. The summed E-state index contributed by atoms with van der Waals surface area (Å²) in [6.07, 6.45) is 1.63. The molecule has 0 aliphatic heterocycles. The third kappa shape index (κ3) is 2.86. The van der Waals surface area contributed by atoms with E-state index < -0.39 is 0 Å². The summed E-state index contributed by atoms with van der Waals surface area (Å²) < 4.78 is 18.3. The van der Waals surface area contributed by atoms with Gasteiger partial charge in [-0.05, 0) is 30.3 Å². The number of hydrogen-bond acceptors (Lipinski definition) is 5. The van der Waals surface area contributed by atoms with E-state index in [1.165, 1.54) is 23.5 Å². The molecule has 1 aromatic carbocycles. The number of nitrogens with zero attached hydrogens (tertiary/aromatic N) is 1. The molecule has 6 heteroatoms. The van der Waals surface area contributed by atoms with Gasteiger partial charge in [0.2, 0.25) is 0 Å². The predicted octanol–water partition coefficient (Wildman–Crippen LogP) is 4.42. The normalized spacial score (nSPS) is 10.8. The van der Waals surface area contributed by atoms with Crippen LogP contribution >= 0.6 is 23.1 Å². The standard InChI is InChI=1S/C14H11FN2OS2/c15-9-3-4-13(11(16)6-9)19-7-10-8-20-14(17-10)12-2-1-5-18-12/h1-6,8H,7,16H2. The average Bonchev–Trinajstić information content (AvgIpc) is 3.08. The molecule has 0 fully saturated rings. The van der Waals surface area contributed by atoms with Gasteiger partial charge in [-0.2, -0.15) is 0 Å². The van der Waals surface area contributed by atoms with Crippen LogP contribution in [0.5, 0.6) is 0 Å². The molecule has 0 saturated heterocycles. The maximum absolute atomic E-state index is 13.0. The van der Waals surface area contributed by atoms with E-state index in [1.54, 1.807) is 24.1 Å². The minimum absolute atomic E-state index is 0.319. The Hall–Kier alpha value is -1.79. The number of hydrogen-bond donors (Lipinski definition) is 1. The van der Waals surface area contributed by atoms with Crippen LogP contribution in [0.2, 0.25) is 0 Å². The van der Waals surface area contributed by atoms with Crippen LogP contribution in [0.3, 0.4) is 0 Å². The van der Waals surface area contributed by atoms with Crippen LogP contribution in [-0.2, 0) is 5.75 Å². The molecule has 102 valence electrons. The first kappa shape index (κ1) is 13.2. The van der Waals surface area contributed by atoms with E-state index in [-0.39, 0.29) is 5.82 Å². The maximum Gasteiger partial charge on any atom is 0.162 e. The summed E-state index contributed by atoms with van der Waals surface area (Å²) in [6, 6.07) is 8.15. The molecule has 3 aromatic rings. The number of anilines is 1. The minimum atomic E-state index is -0.319. The molecule has 0 aliphatic rings. The van der Waals surface area contributed by atoms with E-state index in [2.05, 4.69) is 4.98 Å². The molecule has 0 saturated carbocycles. The van der Waals surface area contributed by atoms with Crippen molar-refractivity contribution < 1.29 is 8.81 Å². The number of thioether (sulfide) groups is 1. The molecule has 0 radical (unpaired) electrons. The Morgan fingerprint density at radius 1 is 1.35 bits per heavy atom. The highest BCUT2D eigenvalue weighted by Crippen LogP contribution is 2.31. The Kier molecular flexibility index (Phi) is 3.75. The van der Waals surface area contributed by atoms with Crippen LogP contribution in [0.4, 0.5) is 10.1 Å². The van der Waals surface area contributed by atoms with Crippen LogP contribution in [0.15, 0.2) is 51.3 Å². The van der Waals surface area contributed by atoms with Crippen molar-refractivity contribution in [2.45, 2.75) is 10.6 Å². The summed E-state index contributed by atoms with van der Waals surface area (Å²) in [5, 5.41) is 2.85. The molecule has 0 unspecified atom stereocenters. The van der Waals surface area contributed by atoms with Gasteiger partial charge in [-0.25, -0.2) is 9.37 Å². The van der Waals surface area contributed by atoms with Crippen LogP contribution < -0.4 is 5.73 Å². The average molecular weight is 306 g/mol. The van der Waals surface area contributed by atoms with Crippen LogP contribution in [0.1, 0.15) is 5.69 Å². The zero-order valence-electron chi connectivity index (χ0n) is 10.4. The highest BCUT2D eigenvalue weighted by molar-refractivity contribution is 7.98. The van der Waals surface area contributed by atoms with Gasteiger partial charge in [0.15, 0.2) is 10.8 Å².